The third-order valence-corrected chi connectivity index (χ3v) is 6.99. The van der Waals surface area contributed by atoms with Crippen molar-refractivity contribution < 1.29 is 22.7 Å². The average molecular weight is 516 g/mol. The fourth-order valence-corrected chi connectivity index (χ4v) is 4.68. The Morgan fingerprint density at radius 2 is 1.90 bits per heavy atom. The molecular formula is C11H10F4I2N2O. The second-order valence-corrected chi connectivity index (χ2v) is 7.49. The standard InChI is InChI=1S/C11H10F4I2N2O/c12-5-3-10(1-4(5)2-10)19-8(17)7(16)18-9(19)6(20)11(13,14)15/h4-6,20H,1-3H2/t4?,5-,6?,10?/m0/s1. The molecule has 0 saturated heterocycles. The number of aromatic nitrogens is 2. The van der Waals surface area contributed by atoms with Crippen molar-refractivity contribution in [3.05, 3.63) is 13.2 Å². The SMILES string of the molecule is OC(c1nc(I)c(I)n1C12CC(C1)[C@@H](F)C2)C(F)(F)F. The van der Waals surface area contributed by atoms with E-state index in [4.69, 9.17) is 0 Å². The van der Waals surface area contributed by atoms with E-state index in [1.807, 2.05) is 45.2 Å². The first kappa shape index (κ1) is 15.3. The monoisotopic (exact) mass is 516 g/mol. The number of nitrogens with zero attached hydrogens (tertiary/aromatic N) is 2. The molecule has 9 heteroatoms. The summed E-state index contributed by atoms with van der Waals surface area (Å²) in [6, 6.07) is 0. The van der Waals surface area contributed by atoms with Crippen molar-refractivity contribution in [1.29, 1.82) is 0 Å². The molecule has 0 spiro atoms. The lowest BCUT2D eigenvalue weighted by atomic mass is 9.76. The van der Waals surface area contributed by atoms with Gasteiger partial charge in [-0.2, -0.15) is 13.2 Å². The summed E-state index contributed by atoms with van der Waals surface area (Å²) in [6.07, 6.45) is -7.13. The Morgan fingerprint density at radius 1 is 1.30 bits per heavy atom. The van der Waals surface area contributed by atoms with Crippen LogP contribution >= 0.6 is 45.2 Å². The number of alkyl halides is 4. The summed E-state index contributed by atoms with van der Waals surface area (Å²) in [6.45, 7) is 0. The molecule has 0 aromatic carbocycles. The van der Waals surface area contributed by atoms with Crippen LogP contribution in [0.2, 0.25) is 0 Å². The van der Waals surface area contributed by atoms with Crippen LogP contribution in [0.4, 0.5) is 17.6 Å². The van der Waals surface area contributed by atoms with Gasteiger partial charge in [-0.05, 0) is 63.9 Å². The zero-order valence-electron chi connectivity index (χ0n) is 9.96. The van der Waals surface area contributed by atoms with Crippen LogP contribution in [0.1, 0.15) is 31.2 Å². The van der Waals surface area contributed by atoms with Gasteiger partial charge in [0.25, 0.3) is 0 Å². The van der Waals surface area contributed by atoms with Crippen molar-refractivity contribution in [3.63, 3.8) is 0 Å². The number of aliphatic hydroxyl groups excluding tert-OH is 1. The van der Waals surface area contributed by atoms with Gasteiger partial charge in [0.1, 0.15) is 19.4 Å². The molecule has 2 bridgehead atoms. The van der Waals surface area contributed by atoms with Gasteiger partial charge < -0.3 is 9.67 Å². The van der Waals surface area contributed by atoms with Crippen molar-refractivity contribution in [3.8, 4) is 0 Å². The van der Waals surface area contributed by atoms with Crippen molar-refractivity contribution >= 4 is 45.2 Å². The van der Waals surface area contributed by atoms with E-state index >= 15 is 0 Å². The smallest absolute Gasteiger partial charge is 0.377 e. The number of aliphatic hydroxyl groups is 1. The minimum atomic E-state index is -4.78. The van der Waals surface area contributed by atoms with E-state index in [0.717, 1.165) is 0 Å². The lowest BCUT2D eigenvalue weighted by Crippen LogP contribution is -2.42. The van der Waals surface area contributed by atoms with E-state index in [-0.39, 0.29) is 12.3 Å². The number of rotatable bonds is 2. The van der Waals surface area contributed by atoms with Crippen LogP contribution in [0.5, 0.6) is 0 Å². The van der Waals surface area contributed by atoms with Gasteiger partial charge in [-0.25, -0.2) is 9.37 Å². The fraction of sp³-hybridized carbons (Fsp3) is 0.727. The Kier molecular flexibility index (Phi) is 3.56. The van der Waals surface area contributed by atoms with Crippen molar-refractivity contribution in [1.82, 2.24) is 9.55 Å². The molecule has 1 aromatic rings. The normalized spacial score (nSPS) is 34.1. The molecule has 1 N–H and O–H groups in total. The van der Waals surface area contributed by atoms with Crippen molar-refractivity contribution in [2.75, 3.05) is 0 Å². The molecule has 1 aromatic heterocycles. The molecule has 4 rings (SSSR count). The third-order valence-electron chi connectivity index (χ3n) is 4.21. The Labute approximate surface area is 139 Å². The minimum Gasteiger partial charge on any atom is -0.377 e. The van der Waals surface area contributed by atoms with Crippen LogP contribution in [-0.2, 0) is 5.54 Å². The second kappa shape index (κ2) is 4.67. The second-order valence-electron chi connectivity index (χ2n) is 5.44. The fourth-order valence-electron chi connectivity index (χ4n) is 3.31. The molecule has 1 heterocycles. The zero-order chi connectivity index (χ0) is 14.9. The first-order valence-corrected chi connectivity index (χ1v) is 8.14. The first-order chi connectivity index (χ1) is 9.16. The molecule has 20 heavy (non-hydrogen) atoms. The van der Waals surface area contributed by atoms with Crippen LogP contribution < -0.4 is 0 Å². The lowest BCUT2D eigenvalue weighted by Gasteiger charge is -2.41. The van der Waals surface area contributed by atoms with Crippen LogP contribution in [0.25, 0.3) is 0 Å². The lowest BCUT2D eigenvalue weighted by molar-refractivity contribution is -0.210. The summed E-state index contributed by atoms with van der Waals surface area (Å²) >= 11 is 3.75. The number of imidazole rings is 1. The van der Waals surface area contributed by atoms with E-state index in [2.05, 4.69) is 4.98 Å². The maximum Gasteiger partial charge on any atom is 0.421 e. The summed E-state index contributed by atoms with van der Waals surface area (Å²) in [7, 11) is 0. The molecule has 0 amide bonds. The Hall–Kier alpha value is 0.350. The van der Waals surface area contributed by atoms with Gasteiger partial charge in [0.05, 0.1) is 5.54 Å². The highest BCUT2D eigenvalue weighted by molar-refractivity contribution is 14.1. The zero-order valence-corrected chi connectivity index (χ0v) is 14.3. The molecule has 3 aliphatic carbocycles. The Morgan fingerprint density at radius 3 is 2.35 bits per heavy atom. The van der Waals surface area contributed by atoms with Gasteiger partial charge in [0, 0.05) is 6.42 Å². The third kappa shape index (κ3) is 2.09. The van der Waals surface area contributed by atoms with E-state index in [9.17, 15) is 22.7 Å². The highest BCUT2D eigenvalue weighted by Crippen LogP contribution is 2.59. The topological polar surface area (TPSA) is 38.1 Å². The van der Waals surface area contributed by atoms with E-state index in [1.165, 1.54) is 4.57 Å². The maximum absolute atomic E-state index is 13.7. The quantitative estimate of drug-likeness (QED) is 0.483. The minimum absolute atomic E-state index is 0.0678. The molecule has 3 nitrogen and oxygen atoms in total. The molecule has 1 unspecified atom stereocenters. The Balaban J connectivity index is 2.07. The first-order valence-electron chi connectivity index (χ1n) is 5.99. The summed E-state index contributed by atoms with van der Waals surface area (Å²) in [5.41, 5.74) is -0.640. The number of halogens is 6. The molecule has 112 valence electrons. The molecule has 3 saturated carbocycles. The van der Waals surface area contributed by atoms with Crippen molar-refractivity contribution in [2.24, 2.45) is 5.92 Å². The summed E-state index contributed by atoms with van der Waals surface area (Å²) in [5, 5.41) is 9.52. The summed E-state index contributed by atoms with van der Waals surface area (Å²) in [5.74, 6) is -0.486. The van der Waals surface area contributed by atoms with Gasteiger partial charge in [0.15, 0.2) is 0 Å². The molecular weight excluding hydrogens is 506 g/mol. The number of hydrogen-bond donors (Lipinski definition) is 1. The van der Waals surface area contributed by atoms with E-state index < -0.39 is 29.8 Å². The molecule has 3 aliphatic rings. The predicted octanol–water partition coefficient (Wildman–Crippen LogP) is 3.54. The van der Waals surface area contributed by atoms with Crippen LogP contribution in [-0.4, -0.2) is 27.0 Å². The summed E-state index contributed by atoms with van der Waals surface area (Å²) in [4.78, 5) is 3.87. The molecule has 2 atom stereocenters. The molecule has 0 radical (unpaired) electrons. The van der Waals surface area contributed by atoms with Gasteiger partial charge in [0.2, 0.25) is 6.10 Å². The van der Waals surface area contributed by atoms with Crippen LogP contribution in [0.3, 0.4) is 0 Å². The van der Waals surface area contributed by atoms with Crippen LogP contribution in [0.15, 0.2) is 0 Å². The van der Waals surface area contributed by atoms with Crippen molar-refractivity contribution in [2.45, 2.75) is 43.3 Å². The largest absolute Gasteiger partial charge is 0.421 e. The van der Waals surface area contributed by atoms with Gasteiger partial charge >= 0.3 is 6.18 Å². The Bertz CT molecular complexity index is 553. The van der Waals surface area contributed by atoms with Gasteiger partial charge in [-0.3, -0.25) is 0 Å². The number of hydrogen-bond acceptors (Lipinski definition) is 2. The van der Waals surface area contributed by atoms with E-state index in [0.29, 0.717) is 20.2 Å². The highest BCUT2D eigenvalue weighted by atomic mass is 127. The average Bonchev–Trinajstić information content (AvgIpc) is 2.86. The van der Waals surface area contributed by atoms with E-state index in [1.54, 1.807) is 0 Å². The van der Waals surface area contributed by atoms with Gasteiger partial charge in [-0.1, -0.05) is 0 Å². The number of fused-ring (bicyclic) bond motifs is 1. The van der Waals surface area contributed by atoms with Gasteiger partial charge in [-0.15, -0.1) is 0 Å². The predicted molar refractivity (Wildman–Crippen MR) is 78.9 cm³/mol. The maximum atomic E-state index is 13.7. The summed E-state index contributed by atoms with van der Waals surface area (Å²) < 4.78 is 54.4. The molecule has 3 fully saturated rings. The molecule has 0 aliphatic heterocycles. The highest BCUT2D eigenvalue weighted by Gasteiger charge is 2.60. The van der Waals surface area contributed by atoms with Crippen LogP contribution in [0, 0.1) is 13.3 Å².